The Morgan fingerprint density at radius 2 is 2.15 bits per heavy atom. The van der Waals surface area contributed by atoms with Crippen LogP contribution in [-0.2, 0) is 0 Å². The van der Waals surface area contributed by atoms with Gasteiger partial charge >= 0.3 is 0 Å². The van der Waals surface area contributed by atoms with Gasteiger partial charge < -0.3 is 5.32 Å². The molecule has 20 heavy (non-hydrogen) atoms. The van der Waals surface area contributed by atoms with Crippen LogP contribution in [0, 0.1) is 0 Å². The summed E-state index contributed by atoms with van der Waals surface area (Å²) in [5, 5.41) is 16.2. The summed E-state index contributed by atoms with van der Waals surface area (Å²) in [5.74, 6) is 0.985. The van der Waals surface area contributed by atoms with Crippen molar-refractivity contribution in [1.82, 2.24) is 24.8 Å². The van der Waals surface area contributed by atoms with E-state index in [-0.39, 0.29) is 5.92 Å². The number of hydrogen-bond donors (Lipinski definition) is 1. The van der Waals surface area contributed by atoms with Crippen LogP contribution in [0.2, 0.25) is 5.15 Å². The molecule has 1 N–H and O–H groups in total. The molecule has 102 valence electrons. The molecule has 0 bridgehead atoms. The minimum atomic E-state index is 0.210. The zero-order chi connectivity index (χ0) is 14.1. The Balaban J connectivity index is 2.11. The first-order valence-corrected chi connectivity index (χ1v) is 6.62. The maximum Gasteiger partial charge on any atom is 0.201 e. The maximum atomic E-state index is 6.08. The Hall–Kier alpha value is -2.21. The second-order valence-electron chi connectivity index (χ2n) is 4.70. The summed E-state index contributed by atoms with van der Waals surface area (Å²) in [5.41, 5.74) is 2.24. The molecule has 0 saturated carbocycles. The molecule has 0 radical (unpaired) electrons. The summed E-state index contributed by atoms with van der Waals surface area (Å²) in [7, 11) is 0. The fraction of sp³-hybridized carbons (Fsp3) is 0.231. The van der Waals surface area contributed by atoms with Crippen molar-refractivity contribution in [1.29, 1.82) is 0 Å². The Bertz CT molecular complexity index is 737. The summed E-state index contributed by atoms with van der Waals surface area (Å²) < 4.78 is 1.67. The third kappa shape index (κ3) is 2.30. The van der Waals surface area contributed by atoms with E-state index in [1.165, 1.54) is 0 Å². The molecule has 0 aliphatic carbocycles. The molecule has 3 aromatic rings. The van der Waals surface area contributed by atoms with E-state index < -0.39 is 0 Å². The summed E-state index contributed by atoms with van der Waals surface area (Å²) in [6.45, 7) is 4.07. The highest BCUT2D eigenvalue weighted by molar-refractivity contribution is 6.29. The Labute approximate surface area is 120 Å². The number of anilines is 2. The number of aromatic nitrogens is 5. The number of fused-ring (bicyclic) bond motifs is 1. The predicted molar refractivity (Wildman–Crippen MR) is 77.4 cm³/mol. The number of halogens is 1. The van der Waals surface area contributed by atoms with Crippen LogP contribution >= 0.6 is 11.6 Å². The van der Waals surface area contributed by atoms with Crippen molar-refractivity contribution in [3.8, 4) is 0 Å². The first-order valence-electron chi connectivity index (χ1n) is 6.24. The van der Waals surface area contributed by atoms with Gasteiger partial charge in [0.1, 0.15) is 0 Å². The van der Waals surface area contributed by atoms with Crippen molar-refractivity contribution < 1.29 is 0 Å². The molecule has 0 spiro atoms. The average molecular weight is 289 g/mol. The fourth-order valence-electron chi connectivity index (χ4n) is 1.91. The van der Waals surface area contributed by atoms with E-state index in [4.69, 9.17) is 11.6 Å². The number of rotatable bonds is 3. The molecule has 0 saturated heterocycles. The average Bonchev–Trinajstić information content (AvgIpc) is 2.83. The number of pyridine rings is 1. The molecular weight excluding hydrogens is 276 g/mol. The molecule has 7 heteroatoms. The van der Waals surface area contributed by atoms with E-state index >= 15 is 0 Å². The van der Waals surface area contributed by atoms with Gasteiger partial charge in [-0.25, -0.2) is 0 Å². The van der Waals surface area contributed by atoms with Crippen LogP contribution in [0.5, 0.6) is 0 Å². The van der Waals surface area contributed by atoms with Gasteiger partial charge in [0.15, 0.2) is 11.0 Å². The van der Waals surface area contributed by atoms with Crippen LogP contribution in [-0.4, -0.2) is 24.8 Å². The normalized spacial score (nSPS) is 11.2. The van der Waals surface area contributed by atoms with Gasteiger partial charge in [-0.15, -0.1) is 10.2 Å². The number of hydrogen-bond acceptors (Lipinski definition) is 5. The minimum Gasteiger partial charge on any atom is -0.351 e. The van der Waals surface area contributed by atoms with Crippen LogP contribution in [0.15, 0.2) is 30.6 Å². The SMILES string of the molecule is CC(C)c1nnc2c(Nc3cccnc3)cc(Cl)nn12. The largest absolute Gasteiger partial charge is 0.351 e. The van der Waals surface area contributed by atoms with Crippen molar-refractivity contribution in [3.63, 3.8) is 0 Å². The summed E-state index contributed by atoms with van der Waals surface area (Å²) in [6.07, 6.45) is 3.44. The van der Waals surface area contributed by atoms with Gasteiger partial charge in [-0.2, -0.15) is 9.61 Å². The highest BCUT2D eigenvalue weighted by atomic mass is 35.5. The van der Waals surface area contributed by atoms with Crippen LogP contribution in [0.3, 0.4) is 0 Å². The molecule has 3 rings (SSSR count). The lowest BCUT2D eigenvalue weighted by Gasteiger charge is -2.08. The van der Waals surface area contributed by atoms with Gasteiger partial charge in [0.25, 0.3) is 0 Å². The monoisotopic (exact) mass is 288 g/mol. The van der Waals surface area contributed by atoms with E-state index in [2.05, 4.69) is 25.6 Å². The second-order valence-corrected chi connectivity index (χ2v) is 5.08. The van der Waals surface area contributed by atoms with Gasteiger partial charge in [0.2, 0.25) is 5.65 Å². The first-order chi connectivity index (χ1) is 9.65. The smallest absolute Gasteiger partial charge is 0.201 e. The van der Waals surface area contributed by atoms with E-state index in [9.17, 15) is 0 Å². The molecule has 3 aromatic heterocycles. The molecule has 0 amide bonds. The Morgan fingerprint density at radius 1 is 1.30 bits per heavy atom. The van der Waals surface area contributed by atoms with Crippen molar-refractivity contribution in [2.75, 3.05) is 5.32 Å². The van der Waals surface area contributed by atoms with Crippen LogP contribution < -0.4 is 5.32 Å². The Kier molecular flexibility index (Phi) is 3.23. The van der Waals surface area contributed by atoms with Crippen LogP contribution in [0.25, 0.3) is 5.65 Å². The lowest BCUT2D eigenvalue weighted by atomic mass is 10.2. The van der Waals surface area contributed by atoms with Gasteiger partial charge in [0.05, 0.1) is 17.6 Å². The molecule has 0 unspecified atom stereocenters. The standard InChI is InChI=1S/C13H13ClN6/c1-8(2)12-17-18-13-10(6-11(14)19-20(12)13)16-9-4-3-5-15-7-9/h3-8,16H,1-2H3. The Morgan fingerprint density at radius 3 is 2.85 bits per heavy atom. The number of nitrogens with zero attached hydrogens (tertiary/aromatic N) is 5. The van der Waals surface area contributed by atoms with Crippen molar-refractivity contribution in [2.45, 2.75) is 19.8 Å². The van der Waals surface area contributed by atoms with Gasteiger partial charge in [-0.1, -0.05) is 25.4 Å². The van der Waals surface area contributed by atoms with Crippen LogP contribution in [0.1, 0.15) is 25.6 Å². The quantitative estimate of drug-likeness (QED) is 0.802. The highest BCUT2D eigenvalue weighted by Gasteiger charge is 2.14. The van der Waals surface area contributed by atoms with E-state index in [1.54, 1.807) is 23.0 Å². The van der Waals surface area contributed by atoms with E-state index in [0.29, 0.717) is 10.8 Å². The van der Waals surface area contributed by atoms with Gasteiger partial charge in [-0.3, -0.25) is 4.98 Å². The molecule has 0 aliphatic rings. The second kappa shape index (κ2) is 5.05. The summed E-state index contributed by atoms with van der Waals surface area (Å²) in [6, 6.07) is 5.49. The molecule has 3 heterocycles. The fourth-order valence-corrected chi connectivity index (χ4v) is 2.10. The van der Waals surface area contributed by atoms with E-state index in [0.717, 1.165) is 17.2 Å². The summed E-state index contributed by atoms with van der Waals surface area (Å²) >= 11 is 6.08. The molecule has 6 nitrogen and oxygen atoms in total. The lowest BCUT2D eigenvalue weighted by Crippen LogP contribution is -2.03. The van der Waals surface area contributed by atoms with Crippen LogP contribution in [0.4, 0.5) is 11.4 Å². The minimum absolute atomic E-state index is 0.210. The molecule has 0 atom stereocenters. The molecule has 0 fully saturated rings. The molecule has 0 aromatic carbocycles. The van der Waals surface area contributed by atoms with Crippen molar-refractivity contribution in [2.24, 2.45) is 0 Å². The predicted octanol–water partition coefficient (Wildman–Crippen LogP) is 3.04. The third-order valence-corrected chi connectivity index (χ3v) is 3.01. The maximum absolute atomic E-state index is 6.08. The number of nitrogens with one attached hydrogen (secondary N) is 1. The third-order valence-electron chi connectivity index (χ3n) is 2.82. The molecule has 0 aliphatic heterocycles. The zero-order valence-corrected chi connectivity index (χ0v) is 11.8. The van der Waals surface area contributed by atoms with Crippen molar-refractivity contribution >= 4 is 28.6 Å². The summed E-state index contributed by atoms with van der Waals surface area (Å²) in [4.78, 5) is 4.06. The van der Waals surface area contributed by atoms with E-state index in [1.807, 2.05) is 26.0 Å². The van der Waals surface area contributed by atoms with Gasteiger partial charge in [0, 0.05) is 18.2 Å². The topological polar surface area (TPSA) is 68.0 Å². The zero-order valence-electron chi connectivity index (χ0n) is 11.1. The van der Waals surface area contributed by atoms with Gasteiger partial charge in [-0.05, 0) is 12.1 Å². The lowest BCUT2D eigenvalue weighted by molar-refractivity contribution is 0.721. The first kappa shape index (κ1) is 12.8. The van der Waals surface area contributed by atoms with Crippen molar-refractivity contribution in [3.05, 3.63) is 41.6 Å². The highest BCUT2D eigenvalue weighted by Crippen LogP contribution is 2.24. The molecular formula is C13H13ClN6.